The van der Waals surface area contributed by atoms with Crippen LogP contribution in [0.5, 0.6) is 0 Å². The molecule has 0 bridgehead atoms. The third-order valence-corrected chi connectivity index (χ3v) is 3.94. The molecule has 1 N–H and O–H groups in total. The highest BCUT2D eigenvalue weighted by atomic mass is 14.9. The number of aromatic nitrogens is 2. The summed E-state index contributed by atoms with van der Waals surface area (Å²) in [6, 6.07) is 29.4. The normalized spacial score (nSPS) is 10.6. The highest BCUT2D eigenvalue weighted by Gasteiger charge is 1.95. The van der Waals surface area contributed by atoms with Crippen molar-refractivity contribution in [1.29, 1.82) is 0 Å². The lowest BCUT2D eigenvalue weighted by Gasteiger charge is -2.00. The molecule has 2 nitrogen and oxygen atoms in total. The van der Waals surface area contributed by atoms with Gasteiger partial charge in [-0.25, -0.2) is 4.98 Å². The Balaban J connectivity index is 0.000000130. The summed E-state index contributed by atoms with van der Waals surface area (Å²) < 4.78 is 0. The van der Waals surface area contributed by atoms with Crippen molar-refractivity contribution < 1.29 is 0 Å². The molecule has 0 amide bonds. The van der Waals surface area contributed by atoms with E-state index in [2.05, 4.69) is 70.6 Å². The highest BCUT2D eigenvalue weighted by Crippen LogP contribution is 2.22. The van der Waals surface area contributed by atoms with Crippen LogP contribution in [0, 0.1) is 0 Å². The van der Waals surface area contributed by atoms with Crippen LogP contribution in [-0.2, 0) is 0 Å². The molecule has 0 aliphatic carbocycles. The van der Waals surface area contributed by atoms with E-state index >= 15 is 0 Å². The topological polar surface area (TPSA) is 28.7 Å². The van der Waals surface area contributed by atoms with Crippen molar-refractivity contribution in [1.82, 2.24) is 9.97 Å². The Bertz CT molecular complexity index is 941. The maximum atomic E-state index is 4.06. The van der Waals surface area contributed by atoms with Gasteiger partial charge in [-0.3, -0.25) is 0 Å². The zero-order valence-corrected chi connectivity index (χ0v) is 12.6. The Hall–Kier alpha value is -3.13. The number of para-hydroxylation sites is 2. The van der Waals surface area contributed by atoms with Crippen LogP contribution in [0.1, 0.15) is 0 Å². The molecule has 0 fully saturated rings. The van der Waals surface area contributed by atoms with Crippen LogP contribution < -0.4 is 0 Å². The summed E-state index contributed by atoms with van der Waals surface area (Å²) in [7, 11) is 0. The van der Waals surface area contributed by atoms with Crippen molar-refractivity contribution in [2.75, 3.05) is 0 Å². The lowest BCUT2D eigenvalue weighted by molar-refractivity contribution is 1.34. The van der Waals surface area contributed by atoms with Crippen LogP contribution in [0.4, 0.5) is 0 Å². The minimum absolute atomic E-state index is 1.03. The van der Waals surface area contributed by atoms with Gasteiger partial charge in [0.2, 0.25) is 0 Å². The van der Waals surface area contributed by atoms with Crippen LogP contribution >= 0.6 is 0 Å². The smallest absolute Gasteiger partial charge is 0.0931 e. The van der Waals surface area contributed by atoms with Gasteiger partial charge < -0.3 is 4.98 Å². The monoisotopic (exact) mass is 296 g/mol. The van der Waals surface area contributed by atoms with Crippen LogP contribution in [0.15, 0.2) is 91.3 Å². The average molecular weight is 296 g/mol. The number of imidazole rings is 1. The van der Waals surface area contributed by atoms with E-state index in [1.165, 1.54) is 21.5 Å². The number of H-pyrrole nitrogens is 1. The van der Waals surface area contributed by atoms with Gasteiger partial charge in [-0.15, -0.1) is 0 Å². The second-order valence-electron chi connectivity index (χ2n) is 5.47. The number of hydrogen-bond acceptors (Lipinski definition) is 1. The maximum Gasteiger partial charge on any atom is 0.0931 e. The van der Waals surface area contributed by atoms with E-state index in [4.69, 9.17) is 0 Å². The van der Waals surface area contributed by atoms with Crippen molar-refractivity contribution >= 4 is 32.6 Å². The minimum atomic E-state index is 1.03. The summed E-state index contributed by atoms with van der Waals surface area (Å²) >= 11 is 0. The first kappa shape index (κ1) is 13.5. The molecule has 0 atom stereocenters. The molecule has 0 saturated carbocycles. The molecule has 5 rings (SSSR count). The van der Waals surface area contributed by atoms with Crippen LogP contribution in [0.25, 0.3) is 32.6 Å². The molecule has 23 heavy (non-hydrogen) atoms. The number of aromatic amines is 1. The molecule has 110 valence electrons. The van der Waals surface area contributed by atoms with E-state index < -0.39 is 0 Å². The highest BCUT2D eigenvalue weighted by molar-refractivity contribution is 5.98. The van der Waals surface area contributed by atoms with E-state index in [9.17, 15) is 0 Å². The van der Waals surface area contributed by atoms with E-state index in [1.54, 1.807) is 6.33 Å². The minimum Gasteiger partial charge on any atom is -0.345 e. The van der Waals surface area contributed by atoms with Crippen molar-refractivity contribution in [3.05, 3.63) is 91.3 Å². The van der Waals surface area contributed by atoms with Gasteiger partial charge >= 0.3 is 0 Å². The van der Waals surface area contributed by atoms with Crippen molar-refractivity contribution in [3.63, 3.8) is 0 Å². The zero-order valence-electron chi connectivity index (χ0n) is 12.6. The summed E-state index contributed by atoms with van der Waals surface area (Å²) in [6.45, 7) is 0. The van der Waals surface area contributed by atoms with Crippen molar-refractivity contribution in [2.24, 2.45) is 0 Å². The van der Waals surface area contributed by atoms with Gasteiger partial charge in [-0.2, -0.15) is 0 Å². The Labute approximate surface area is 134 Å². The van der Waals surface area contributed by atoms with Gasteiger partial charge in [0.05, 0.1) is 17.4 Å². The Morgan fingerprint density at radius 2 is 1.04 bits per heavy atom. The third kappa shape index (κ3) is 2.79. The van der Waals surface area contributed by atoms with Crippen LogP contribution in [-0.4, -0.2) is 9.97 Å². The molecule has 0 aliphatic rings. The fraction of sp³-hybridized carbons (Fsp3) is 0. The summed E-state index contributed by atoms with van der Waals surface area (Å²) in [4.78, 5) is 7.07. The molecular formula is C21H16N2. The lowest BCUT2D eigenvalue weighted by atomic mass is 10.0. The van der Waals surface area contributed by atoms with Crippen LogP contribution in [0.2, 0.25) is 0 Å². The van der Waals surface area contributed by atoms with Crippen LogP contribution in [0.3, 0.4) is 0 Å². The summed E-state index contributed by atoms with van der Waals surface area (Å²) in [5.41, 5.74) is 2.12. The zero-order chi connectivity index (χ0) is 15.5. The Kier molecular flexibility index (Phi) is 3.49. The number of nitrogens with one attached hydrogen (secondary N) is 1. The second kappa shape index (κ2) is 5.93. The predicted octanol–water partition coefficient (Wildman–Crippen LogP) is 5.56. The quantitative estimate of drug-likeness (QED) is 0.373. The van der Waals surface area contributed by atoms with Crippen molar-refractivity contribution in [3.8, 4) is 0 Å². The fourth-order valence-corrected chi connectivity index (χ4v) is 2.76. The van der Waals surface area contributed by atoms with E-state index in [-0.39, 0.29) is 0 Å². The third-order valence-electron chi connectivity index (χ3n) is 3.94. The Morgan fingerprint density at radius 3 is 1.57 bits per heavy atom. The Morgan fingerprint density at radius 1 is 0.565 bits per heavy atom. The molecule has 1 heterocycles. The molecule has 1 aromatic heterocycles. The molecule has 0 saturated heterocycles. The molecule has 2 heteroatoms. The van der Waals surface area contributed by atoms with Crippen molar-refractivity contribution in [2.45, 2.75) is 0 Å². The number of fused-ring (bicyclic) bond motifs is 3. The molecule has 0 spiro atoms. The molecule has 0 radical (unpaired) electrons. The lowest BCUT2D eigenvalue weighted by Crippen LogP contribution is -1.74. The van der Waals surface area contributed by atoms with Gasteiger partial charge in [0.15, 0.2) is 0 Å². The second-order valence-corrected chi connectivity index (χ2v) is 5.47. The summed E-state index contributed by atoms with van der Waals surface area (Å²) in [5, 5.41) is 5.25. The summed E-state index contributed by atoms with van der Waals surface area (Å²) in [6.07, 6.45) is 1.70. The number of hydrogen-bond donors (Lipinski definition) is 1. The molecule has 4 aromatic carbocycles. The van der Waals surface area contributed by atoms with Gasteiger partial charge in [0, 0.05) is 0 Å². The average Bonchev–Trinajstić information content (AvgIpc) is 3.09. The molecule has 5 aromatic rings. The SMILES string of the molecule is c1ccc2[nH]cnc2c1.c1ccc2cc3ccccc3cc2c1. The molecule has 0 unspecified atom stereocenters. The van der Waals surface area contributed by atoms with Gasteiger partial charge in [-0.1, -0.05) is 60.7 Å². The number of benzene rings is 4. The summed E-state index contributed by atoms with van der Waals surface area (Å²) in [5.74, 6) is 0. The largest absolute Gasteiger partial charge is 0.345 e. The number of rotatable bonds is 0. The molecule has 0 aliphatic heterocycles. The first-order chi connectivity index (χ1) is 11.4. The number of nitrogens with zero attached hydrogens (tertiary/aromatic N) is 1. The maximum absolute atomic E-state index is 4.06. The first-order valence-electron chi connectivity index (χ1n) is 7.66. The predicted molar refractivity (Wildman–Crippen MR) is 97.5 cm³/mol. The molecular weight excluding hydrogens is 280 g/mol. The van der Waals surface area contributed by atoms with E-state index in [0.717, 1.165) is 11.0 Å². The van der Waals surface area contributed by atoms with Gasteiger partial charge in [-0.05, 0) is 45.8 Å². The fourth-order valence-electron chi connectivity index (χ4n) is 2.76. The first-order valence-corrected chi connectivity index (χ1v) is 7.66. The van der Waals surface area contributed by atoms with E-state index in [0.29, 0.717) is 0 Å². The standard InChI is InChI=1S/C14H10.C7H6N2/c1-2-6-12-10-14-8-4-3-7-13(14)9-11(12)5-1;1-2-4-7-6(3-1)8-5-9-7/h1-10H;1-5H,(H,8,9). The van der Waals surface area contributed by atoms with E-state index in [1.807, 2.05) is 24.3 Å². The van der Waals surface area contributed by atoms with Gasteiger partial charge in [0.25, 0.3) is 0 Å². The van der Waals surface area contributed by atoms with Gasteiger partial charge in [0.1, 0.15) is 0 Å².